The number of carbonyl (C=O) groups is 1. The van der Waals surface area contributed by atoms with Gasteiger partial charge in [0, 0.05) is 0 Å². The molecule has 0 aliphatic heterocycles. The maximum Gasteiger partial charge on any atom is 0.330 e. The maximum absolute atomic E-state index is 10.0. The fourth-order valence-electron chi connectivity index (χ4n) is 0.338. The molecule has 0 saturated carbocycles. The Morgan fingerprint density at radius 3 is 2.11 bits per heavy atom. The summed E-state index contributed by atoms with van der Waals surface area (Å²) in [5, 5.41) is 10.4. The summed E-state index contributed by atoms with van der Waals surface area (Å²) in [7, 11) is -1.07. The summed E-state index contributed by atoms with van der Waals surface area (Å²) in [6.45, 7) is 0. The quantitative estimate of drug-likeness (QED) is 0.387. The van der Waals surface area contributed by atoms with Gasteiger partial charge in [-0.15, -0.1) is 0 Å². The predicted molar refractivity (Wildman–Crippen MR) is 31.8 cm³/mol. The van der Waals surface area contributed by atoms with Crippen LogP contribution < -0.4 is 5.32 Å². The topological polar surface area (TPSA) is 89.8 Å². The van der Waals surface area contributed by atoms with Crippen molar-refractivity contribution < 1.29 is 19.7 Å². The van der Waals surface area contributed by atoms with E-state index in [2.05, 4.69) is 5.32 Å². The molecule has 0 aromatic carbocycles. The van der Waals surface area contributed by atoms with Crippen molar-refractivity contribution in [3.05, 3.63) is 0 Å². The summed E-state index contributed by atoms with van der Waals surface area (Å²) in [4.78, 5) is 26.7. The number of hydrogen-bond donors (Lipinski definition) is 4. The number of carboxylic acids is 1. The monoisotopic (exact) mass is 153 g/mol. The first-order valence-electron chi connectivity index (χ1n) is 2.16. The first-order valence-corrected chi connectivity index (χ1v) is 3.48. The molecule has 54 valence electrons. The van der Waals surface area contributed by atoms with E-state index < -0.39 is 20.1 Å². The third-order valence-corrected chi connectivity index (χ3v) is 1.68. The molecule has 6 heteroatoms. The molecule has 0 radical (unpaired) electrons. The van der Waals surface area contributed by atoms with Crippen LogP contribution in [0.15, 0.2) is 0 Å². The van der Waals surface area contributed by atoms with Crippen molar-refractivity contribution in [3.63, 3.8) is 0 Å². The summed E-state index contributed by atoms with van der Waals surface area (Å²) in [6, 6.07) is 0. The van der Waals surface area contributed by atoms with E-state index in [0.717, 1.165) is 0 Å². The van der Waals surface area contributed by atoms with Crippen LogP contribution in [0.1, 0.15) is 0 Å². The molecule has 5 nitrogen and oxygen atoms in total. The number of nitrogens with one attached hydrogen (secondary N) is 1. The fourth-order valence-corrected chi connectivity index (χ4v) is 0.766. The Bertz CT molecular complexity index is 106. The van der Waals surface area contributed by atoms with Gasteiger partial charge in [-0.1, -0.05) is 0 Å². The zero-order chi connectivity index (χ0) is 7.44. The van der Waals surface area contributed by atoms with Crippen LogP contribution in [0, 0.1) is 0 Å². The van der Waals surface area contributed by atoms with E-state index in [-0.39, 0.29) is 0 Å². The van der Waals surface area contributed by atoms with Crippen LogP contribution in [-0.2, 0) is 4.79 Å². The summed E-state index contributed by atoms with van der Waals surface area (Å²) >= 11 is 0. The van der Waals surface area contributed by atoms with Crippen LogP contribution >= 0.6 is 8.38 Å². The molecule has 0 aromatic rings. The SMILES string of the molecule is CNC(C(=O)O)P(O)O. The molecule has 0 saturated heterocycles. The lowest BCUT2D eigenvalue weighted by molar-refractivity contribution is -0.137. The standard InChI is InChI=1S/C3H8NO4P/c1-4-2(3(5)6)9(7)8/h2,4,7-8H,1H3,(H,5,6). The highest BCUT2D eigenvalue weighted by molar-refractivity contribution is 7.47. The first kappa shape index (κ1) is 8.78. The van der Waals surface area contributed by atoms with Crippen LogP contribution in [0.4, 0.5) is 0 Å². The van der Waals surface area contributed by atoms with Gasteiger partial charge in [-0.3, -0.25) is 0 Å². The largest absolute Gasteiger partial charge is 0.480 e. The number of hydrogen-bond acceptors (Lipinski definition) is 4. The van der Waals surface area contributed by atoms with Gasteiger partial charge in [0.2, 0.25) is 0 Å². The molecule has 0 fully saturated rings. The second-order valence-electron chi connectivity index (χ2n) is 1.35. The lowest BCUT2D eigenvalue weighted by Gasteiger charge is -2.10. The molecule has 0 aromatic heterocycles. The molecular weight excluding hydrogens is 145 g/mol. The van der Waals surface area contributed by atoms with Crippen LogP contribution in [0.25, 0.3) is 0 Å². The van der Waals surface area contributed by atoms with Gasteiger partial charge in [0.1, 0.15) is 0 Å². The zero-order valence-electron chi connectivity index (χ0n) is 4.77. The van der Waals surface area contributed by atoms with Gasteiger partial charge in [0.15, 0.2) is 14.2 Å². The Hall–Kier alpha value is -0.220. The summed E-state index contributed by atoms with van der Waals surface area (Å²) in [6.07, 6.45) is 0. The molecular formula is C3H8NO4P. The number of likely N-dealkylation sites (N-methyl/N-ethyl adjacent to an activating group) is 1. The molecule has 1 atom stereocenters. The first-order chi connectivity index (χ1) is 4.09. The zero-order valence-corrected chi connectivity index (χ0v) is 5.67. The van der Waals surface area contributed by atoms with Crippen LogP contribution in [-0.4, -0.2) is 33.7 Å². The molecule has 9 heavy (non-hydrogen) atoms. The van der Waals surface area contributed by atoms with Crippen molar-refractivity contribution >= 4 is 14.3 Å². The molecule has 0 spiro atoms. The van der Waals surface area contributed by atoms with Gasteiger partial charge in [-0.25, -0.2) is 4.79 Å². The van der Waals surface area contributed by atoms with Gasteiger partial charge < -0.3 is 20.2 Å². The number of carboxylic acid groups (broad SMARTS) is 1. The molecule has 0 heterocycles. The van der Waals surface area contributed by atoms with Crippen molar-refractivity contribution in [2.75, 3.05) is 7.05 Å². The Labute approximate surface area is 53.2 Å². The highest BCUT2D eigenvalue weighted by Crippen LogP contribution is 2.28. The summed E-state index contributed by atoms with van der Waals surface area (Å²) < 4.78 is 0. The third kappa shape index (κ3) is 2.72. The van der Waals surface area contributed by atoms with Gasteiger partial charge in [-0.2, -0.15) is 0 Å². The Morgan fingerprint density at radius 2 is 2.11 bits per heavy atom. The van der Waals surface area contributed by atoms with Gasteiger partial charge >= 0.3 is 5.97 Å². The van der Waals surface area contributed by atoms with Crippen molar-refractivity contribution in [2.24, 2.45) is 0 Å². The second-order valence-corrected chi connectivity index (χ2v) is 2.51. The normalized spacial score (nSPS) is 13.8. The highest BCUT2D eigenvalue weighted by atomic mass is 31.2. The molecule has 0 aliphatic rings. The third-order valence-electron chi connectivity index (χ3n) is 0.738. The molecule has 4 N–H and O–H groups in total. The van der Waals surface area contributed by atoms with Crippen LogP contribution in [0.3, 0.4) is 0 Å². The van der Waals surface area contributed by atoms with Gasteiger partial charge in [-0.05, 0) is 7.05 Å². The number of aliphatic carboxylic acids is 1. The predicted octanol–water partition coefficient (Wildman–Crippen LogP) is -1.09. The van der Waals surface area contributed by atoms with Crippen molar-refractivity contribution in [3.8, 4) is 0 Å². The Balaban J connectivity index is 3.83. The lowest BCUT2D eigenvalue weighted by Crippen LogP contribution is -2.31. The Kier molecular flexibility index (Phi) is 3.65. The molecule has 0 bridgehead atoms. The van der Waals surface area contributed by atoms with Gasteiger partial charge in [0.25, 0.3) is 0 Å². The summed E-state index contributed by atoms with van der Waals surface area (Å²) in [5.41, 5.74) is 0. The summed E-state index contributed by atoms with van der Waals surface area (Å²) in [5.74, 6) is -2.49. The number of rotatable bonds is 3. The van der Waals surface area contributed by atoms with E-state index in [9.17, 15) is 4.79 Å². The van der Waals surface area contributed by atoms with Crippen LogP contribution in [0.2, 0.25) is 0 Å². The molecule has 0 aliphatic carbocycles. The van der Waals surface area contributed by atoms with E-state index in [1.165, 1.54) is 7.05 Å². The van der Waals surface area contributed by atoms with E-state index in [4.69, 9.17) is 14.9 Å². The Morgan fingerprint density at radius 1 is 1.67 bits per heavy atom. The van der Waals surface area contributed by atoms with E-state index in [0.29, 0.717) is 0 Å². The van der Waals surface area contributed by atoms with Crippen molar-refractivity contribution in [2.45, 2.75) is 5.78 Å². The molecule has 1 unspecified atom stereocenters. The molecule has 0 rings (SSSR count). The lowest BCUT2D eigenvalue weighted by atomic mass is 10.7. The average Bonchev–Trinajstić information content (AvgIpc) is 1.64. The van der Waals surface area contributed by atoms with Crippen molar-refractivity contribution in [1.82, 2.24) is 5.32 Å². The average molecular weight is 153 g/mol. The molecule has 0 amide bonds. The van der Waals surface area contributed by atoms with E-state index in [1.807, 2.05) is 0 Å². The van der Waals surface area contributed by atoms with Crippen LogP contribution in [0.5, 0.6) is 0 Å². The minimum atomic E-state index is -2.41. The fraction of sp³-hybridized carbons (Fsp3) is 0.667. The smallest absolute Gasteiger partial charge is 0.330 e. The van der Waals surface area contributed by atoms with Gasteiger partial charge in [0.05, 0.1) is 0 Å². The highest BCUT2D eigenvalue weighted by Gasteiger charge is 2.22. The minimum Gasteiger partial charge on any atom is -0.480 e. The van der Waals surface area contributed by atoms with E-state index >= 15 is 0 Å². The van der Waals surface area contributed by atoms with Crippen molar-refractivity contribution in [1.29, 1.82) is 0 Å². The second kappa shape index (κ2) is 3.74. The maximum atomic E-state index is 10.0. The minimum absolute atomic E-state index is 1.24. The van der Waals surface area contributed by atoms with E-state index in [1.54, 1.807) is 0 Å².